The molecule has 1 unspecified atom stereocenters. The van der Waals surface area contributed by atoms with Crippen molar-refractivity contribution in [2.75, 3.05) is 39.4 Å². The zero-order valence-electron chi connectivity index (χ0n) is 10.4. The van der Waals surface area contributed by atoms with Crippen LogP contribution in [-0.4, -0.2) is 61.1 Å². The zero-order valence-corrected chi connectivity index (χ0v) is 10.4. The summed E-state index contributed by atoms with van der Waals surface area (Å²) in [4.78, 5) is 16.0. The van der Waals surface area contributed by atoms with Crippen LogP contribution in [0.1, 0.15) is 19.3 Å². The normalized spacial score (nSPS) is 27.5. The first-order valence-corrected chi connectivity index (χ1v) is 6.54. The Morgan fingerprint density at radius 3 is 2.65 bits per heavy atom. The molecule has 0 saturated carbocycles. The molecular formula is C13H22N2O2. The second-order valence-electron chi connectivity index (χ2n) is 4.76. The minimum Gasteiger partial charge on any atom is -0.379 e. The van der Waals surface area contributed by atoms with Crippen LogP contribution >= 0.6 is 0 Å². The fourth-order valence-corrected chi connectivity index (χ4v) is 2.74. The Morgan fingerprint density at radius 1 is 1.18 bits per heavy atom. The quantitative estimate of drug-likeness (QED) is 0.670. The third-order valence-electron chi connectivity index (χ3n) is 3.75. The predicted molar refractivity (Wildman–Crippen MR) is 66.8 cm³/mol. The lowest BCUT2D eigenvalue weighted by atomic mass is 10.1. The van der Waals surface area contributed by atoms with E-state index in [9.17, 15) is 4.79 Å². The summed E-state index contributed by atoms with van der Waals surface area (Å²) in [5.41, 5.74) is 0. The molecule has 96 valence electrons. The minimum atomic E-state index is 0.0765. The SMILES string of the molecule is C=CC(=O)N1CCCC(N2CCOCC2)CC1. The molecule has 4 nitrogen and oxygen atoms in total. The molecule has 2 fully saturated rings. The predicted octanol–water partition coefficient (Wildman–Crippen LogP) is 0.886. The number of morpholine rings is 1. The van der Waals surface area contributed by atoms with Crippen LogP contribution in [0.3, 0.4) is 0 Å². The third-order valence-corrected chi connectivity index (χ3v) is 3.75. The number of hydrogen-bond acceptors (Lipinski definition) is 3. The maximum Gasteiger partial charge on any atom is 0.245 e. The highest BCUT2D eigenvalue weighted by molar-refractivity contribution is 5.86. The van der Waals surface area contributed by atoms with E-state index in [2.05, 4.69) is 11.5 Å². The molecule has 0 N–H and O–H groups in total. The molecule has 17 heavy (non-hydrogen) atoms. The van der Waals surface area contributed by atoms with Gasteiger partial charge in [-0.25, -0.2) is 0 Å². The van der Waals surface area contributed by atoms with Crippen molar-refractivity contribution in [1.82, 2.24) is 9.80 Å². The van der Waals surface area contributed by atoms with E-state index < -0.39 is 0 Å². The average molecular weight is 238 g/mol. The molecule has 2 heterocycles. The van der Waals surface area contributed by atoms with Crippen molar-refractivity contribution >= 4 is 5.91 Å². The molecule has 4 heteroatoms. The zero-order chi connectivity index (χ0) is 12.1. The molecule has 0 aromatic carbocycles. The second kappa shape index (κ2) is 6.17. The van der Waals surface area contributed by atoms with Crippen LogP contribution in [-0.2, 0) is 9.53 Å². The van der Waals surface area contributed by atoms with Gasteiger partial charge in [0.25, 0.3) is 0 Å². The van der Waals surface area contributed by atoms with Crippen molar-refractivity contribution < 1.29 is 9.53 Å². The Morgan fingerprint density at radius 2 is 1.94 bits per heavy atom. The number of ether oxygens (including phenoxy) is 1. The average Bonchev–Trinajstić information content (AvgIpc) is 2.64. The van der Waals surface area contributed by atoms with Crippen LogP contribution in [0.2, 0.25) is 0 Å². The summed E-state index contributed by atoms with van der Waals surface area (Å²) in [6.07, 6.45) is 4.80. The van der Waals surface area contributed by atoms with E-state index >= 15 is 0 Å². The molecule has 0 radical (unpaired) electrons. The second-order valence-corrected chi connectivity index (χ2v) is 4.76. The Kier molecular flexibility index (Phi) is 4.57. The molecule has 1 amide bonds. The van der Waals surface area contributed by atoms with Gasteiger partial charge in [0.2, 0.25) is 5.91 Å². The molecule has 0 aliphatic carbocycles. The monoisotopic (exact) mass is 238 g/mol. The van der Waals surface area contributed by atoms with Crippen LogP contribution in [0.4, 0.5) is 0 Å². The first-order chi connectivity index (χ1) is 8.31. The summed E-state index contributed by atoms with van der Waals surface area (Å²) < 4.78 is 5.38. The van der Waals surface area contributed by atoms with Gasteiger partial charge in [-0.3, -0.25) is 9.69 Å². The number of hydrogen-bond donors (Lipinski definition) is 0. The molecule has 0 spiro atoms. The van der Waals surface area contributed by atoms with Crippen LogP contribution in [0.15, 0.2) is 12.7 Å². The van der Waals surface area contributed by atoms with Gasteiger partial charge in [-0.1, -0.05) is 6.58 Å². The minimum absolute atomic E-state index is 0.0765. The third kappa shape index (κ3) is 3.30. The van der Waals surface area contributed by atoms with Gasteiger partial charge in [-0.15, -0.1) is 0 Å². The van der Waals surface area contributed by atoms with Crippen LogP contribution in [0, 0.1) is 0 Å². The smallest absolute Gasteiger partial charge is 0.245 e. The molecule has 0 aromatic rings. The van der Waals surface area contributed by atoms with Crippen molar-refractivity contribution in [1.29, 1.82) is 0 Å². The highest BCUT2D eigenvalue weighted by Crippen LogP contribution is 2.18. The molecule has 2 aliphatic rings. The molecule has 2 rings (SSSR count). The van der Waals surface area contributed by atoms with Crippen molar-refractivity contribution in [2.24, 2.45) is 0 Å². The summed E-state index contributed by atoms with van der Waals surface area (Å²) in [7, 11) is 0. The van der Waals surface area contributed by atoms with E-state index in [1.165, 1.54) is 12.5 Å². The highest BCUT2D eigenvalue weighted by Gasteiger charge is 2.24. The first-order valence-electron chi connectivity index (χ1n) is 6.54. The topological polar surface area (TPSA) is 32.8 Å². The van der Waals surface area contributed by atoms with Gasteiger partial charge in [0.15, 0.2) is 0 Å². The van der Waals surface area contributed by atoms with Crippen molar-refractivity contribution in [3.8, 4) is 0 Å². The molecule has 2 saturated heterocycles. The Labute approximate surface area is 103 Å². The van der Waals surface area contributed by atoms with E-state index in [1.54, 1.807) is 0 Å². The van der Waals surface area contributed by atoms with Gasteiger partial charge < -0.3 is 9.64 Å². The van der Waals surface area contributed by atoms with Crippen molar-refractivity contribution in [3.05, 3.63) is 12.7 Å². The van der Waals surface area contributed by atoms with Gasteiger partial charge in [0.05, 0.1) is 13.2 Å². The number of amides is 1. The molecule has 0 aromatic heterocycles. The van der Waals surface area contributed by atoms with Gasteiger partial charge in [0, 0.05) is 32.2 Å². The van der Waals surface area contributed by atoms with Crippen molar-refractivity contribution in [2.45, 2.75) is 25.3 Å². The van der Waals surface area contributed by atoms with Gasteiger partial charge in [-0.2, -0.15) is 0 Å². The Hall–Kier alpha value is -0.870. The summed E-state index contributed by atoms with van der Waals surface area (Å²) in [5.74, 6) is 0.0765. The maximum atomic E-state index is 11.6. The largest absolute Gasteiger partial charge is 0.379 e. The molecule has 2 aliphatic heterocycles. The number of carbonyl (C=O) groups is 1. The maximum absolute atomic E-state index is 11.6. The fraction of sp³-hybridized carbons (Fsp3) is 0.769. The summed E-state index contributed by atoms with van der Waals surface area (Å²) in [5, 5.41) is 0. The molecule has 1 atom stereocenters. The number of carbonyl (C=O) groups excluding carboxylic acids is 1. The van der Waals surface area contributed by atoms with Gasteiger partial charge >= 0.3 is 0 Å². The van der Waals surface area contributed by atoms with Crippen LogP contribution < -0.4 is 0 Å². The summed E-state index contributed by atoms with van der Waals surface area (Å²) in [6.45, 7) is 9.10. The standard InChI is InChI=1S/C13H22N2O2/c1-2-13(16)15-6-3-4-12(5-7-15)14-8-10-17-11-9-14/h2,12H,1,3-11H2. The first kappa shape index (κ1) is 12.6. The van der Waals surface area contributed by atoms with E-state index in [1.807, 2.05) is 4.90 Å². The fourth-order valence-electron chi connectivity index (χ4n) is 2.74. The van der Waals surface area contributed by atoms with E-state index in [0.717, 1.165) is 52.2 Å². The Bertz CT molecular complexity index is 275. The Balaban J connectivity index is 1.86. The van der Waals surface area contributed by atoms with Crippen LogP contribution in [0.25, 0.3) is 0 Å². The number of likely N-dealkylation sites (tertiary alicyclic amines) is 1. The van der Waals surface area contributed by atoms with E-state index in [0.29, 0.717) is 6.04 Å². The van der Waals surface area contributed by atoms with E-state index in [4.69, 9.17) is 4.74 Å². The molecular weight excluding hydrogens is 216 g/mol. The van der Waals surface area contributed by atoms with E-state index in [-0.39, 0.29) is 5.91 Å². The number of rotatable bonds is 2. The molecule has 0 bridgehead atoms. The van der Waals surface area contributed by atoms with Gasteiger partial charge in [-0.05, 0) is 25.3 Å². The summed E-state index contributed by atoms with van der Waals surface area (Å²) in [6, 6.07) is 0.626. The number of nitrogens with zero attached hydrogens (tertiary/aromatic N) is 2. The highest BCUT2D eigenvalue weighted by atomic mass is 16.5. The van der Waals surface area contributed by atoms with Crippen LogP contribution in [0.5, 0.6) is 0 Å². The summed E-state index contributed by atoms with van der Waals surface area (Å²) >= 11 is 0. The van der Waals surface area contributed by atoms with Gasteiger partial charge in [0.1, 0.15) is 0 Å². The lowest BCUT2D eigenvalue weighted by Crippen LogP contribution is -2.44. The van der Waals surface area contributed by atoms with Crippen molar-refractivity contribution in [3.63, 3.8) is 0 Å². The lowest BCUT2D eigenvalue weighted by molar-refractivity contribution is -0.126. The lowest BCUT2D eigenvalue weighted by Gasteiger charge is -2.33.